The van der Waals surface area contributed by atoms with Crippen LogP contribution < -0.4 is 10.4 Å². The second-order valence-electron chi connectivity index (χ2n) is 5.89. The summed E-state index contributed by atoms with van der Waals surface area (Å²) in [5.41, 5.74) is 2.84. The van der Waals surface area contributed by atoms with Crippen molar-refractivity contribution in [1.29, 1.82) is 0 Å². The fraction of sp³-hybridized carbons (Fsp3) is 0.529. The van der Waals surface area contributed by atoms with Crippen molar-refractivity contribution in [2.45, 2.75) is 25.8 Å². The van der Waals surface area contributed by atoms with Crippen LogP contribution in [0.25, 0.3) is 0 Å². The van der Waals surface area contributed by atoms with Crippen molar-refractivity contribution in [3.05, 3.63) is 30.1 Å². The molecule has 1 saturated heterocycles. The number of hydrogen-bond donors (Lipinski definition) is 2. The topological polar surface area (TPSA) is 72.9 Å². The Morgan fingerprint density at radius 3 is 2.44 bits per heavy atom. The Morgan fingerprint density at radius 2 is 1.88 bits per heavy atom. The SMILES string of the molecule is CCCC#CC(CS(=O)(=O)N1CCN(c2ccc(F)cc2)CC1)NO. The quantitative estimate of drug-likeness (QED) is 0.586. The summed E-state index contributed by atoms with van der Waals surface area (Å²) in [6.45, 7) is 3.74. The summed E-state index contributed by atoms with van der Waals surface area (Å²) in [6.07, 6.45) is 1.54. The van der Waals surface area contributed by atoms with Gasteiger partial charge in [0.2, 0.25) is 10.0 Å². The minimum absolute atomic E-state index is 0.267. The van der Waals surface area contributed by atoms with E-state index in [4.69, 9.17) is 5.21 Å². The minimum Gasteiger partial charge on any atom is -0.369 e. The van der Waals surface area contributed by atoms with Gasteiger partial charge < -0.3 is 10.1 Å². The van der Waals surface area contributed by atoms with Crippen LogP contribution in [0.3, 0.4) is 0 Å². The summed E-state index contributed by atoms with van der Waals surface area (Å²) in [4.78, 5) is 2.02. The monoisotopic (exact) mass is 369 g/mol. The Bertz CT molecular complexity index is 705. The molecule has 0 amide bonds. The molecular weight excluding hydrogens is 345 g/mol. The molecule has 0 radical (unpaired) electrons. The van der Waals surface area contributed by atoms with Crippen LogP contribution >= 0.6 is 0 Å². The van der Waals surface area contributed by atoms with Crippen LogP contribution in [0.15, 0.2) is 24.3 Å². The third kappa shape index (κ3) is 5.68. The van der Waals surface area contributed by atoms with E-state index in [1.165, 1.54) is 16.4 Å². The highest BCUT2D eigenvalue weighted by Gasteiger charge is 2.29. The zero-order valence-electron chi connectivity index (χ0n) is 14.3. The van der Waals surface area contributed by atoms with Gasteiger partial charge in [-0.3, -0.25) is 0 Å². The first-order valence-electron chi connectivity index (χ1n) is 8.32. The molecular formula is C17H24FN3O3S. The molecule has 2 N–H and O–H groups in total. The lowest BCUT2D eigenvalue weighted by Crippen LogP contribution is -2.51. The number of nitrogens with one attached hydrogen (secondary N) is 1. The predicted molar refractivity (Wildman–Crippen MR) is 95.4 cm³/mol. The summed E-state index contributed by atoms with van der Waals surface area (Å²) >= 11 is 0. The second kappa shape index (κ2) is 9.15. The third-order valence-corrected chi connectivity index (χ3v) is 5.91. The molecule has 1 heterocycles. The number of sulfonamides is 1. The van der Waals surface area contributed by atoms with E-state index in [2.05, 4.69) is 11.8 Å². The van der Waals surface area contributed by atoms with Gasteiger partial charge in [-0.2, -0.15) is 9.79 Å². The Balaban J connectivity index is 1.94. The number of piperazine rings is 1. The van der Waals surface area contributed by atoms with Crippen LogP contribution in [0.2, 0.25) is 0 Å². The van der Waals surface area contributed by atoms with Crippen LogP contribution in [0.1, 0.15) is 19.8 Å². The Kier molecular flexibility index (Phi) is 7.20. The van der Waals surface area contributed by atoms with Gasteiger partial charge >= 0.3 is 0 Å². The molecule has 1 aromatic rings. The second-order valence-corrected chi connectivity index (χ2v) is 7.91. The zero-order chi connectivity index (χ0) is 18.3. The highest BCUT2D eigenvalue weighted by molar-refractivity contribution is 7.89. The lowest BCUT2D eigenvalue weighted by Gasteiger charge is -2.35. The molecule has 1 aliphatic rings. The van der Waals surface area contributed by atoms with Crippen LogP contribution in [-0.2, 0) is 10.0 Å². The largest absolute Gasteiger partial charge is 0.369 e. The number of rotatable bonds is 6. The standard InChI is InChI=1S/C17H24FN3O3S/c1-2-3-4-5-16(19-22)14-25(23,24)21-12-10-20(11-13-21)17-8-6-15(18)7-9-17/h6-9,16,19,22H,2-3,10-14H2,1H3. The molecule has 25 heavy (non-hydrogen) atoms. The Morgan fingerprint density at radius 1 is 1.24 bits per heavy atom. The van der Waals surface area contributed by atoms with Gasteiger partial charge in [-0.1, -0.05) is 12.8 Å². The van der Waals surface area contributed by atoms with Crippen LogP contribution in [0, 0.1) is 17.7 Å². The van der Waals surface area contributed by atoms with Gasteiger partial charge in [0.25, 0.3) is 0 Å². The highest BCUT2D eigenvalue weighted by atomic mass is 32.2. The lowest BCUT2D eigenvalue weighted by molar-refractivity contribution is 0.153. The van der Waals surface area contributed by atoms with Gasteiger partial charge in [-0.25, -0.2) is 12.8 Å². The fourth-order valence-corrected chi connectivity index (χ4v) is 4.13. The number of anilines is 1. The van der Waals surface area contributed by atoms with Gasteiger partial charge in [0, 0.05) is 38.3 Å². The molecule has 0 aromatic heterocycles. The summed E-state index contributed by atoms with van der Waals surface area (Å²) in [7, 11) is -3.52. The van der Waals surface area contributed by atoms with Crippen molar-refractivity contribution in [2.75, 3.05) is 36.8 Å². The molecule has 138 valence electrons. The first-order valence-corrected chi connectivity index (χ1v) is 9.93. The van der Waals surface area contributed by atoms with Crippen molar-refractivity contribution >= 4 is 15.7 Å². The highest BCUT2D eigenvalue weighted by Crippen LogP contribution is 2.18. The number of hydroxylamine groups is 1. The van der Waals surface area contributed by atoms with E-state index in [0.29, 0.717) is 32.6 Å². The molecule has 8 heteroatoms. The van der Waals surface area contributed by atoms with Crippen molar-refractivity contribution in [3.63, 3.8) is 0 Å². The normalized spacial score (nSPS) is 17.0. The van der Waals surface area contributed by atoms with Crippen LogP contribution in [0.5, 0.6) is 0 Å². The number of hydrogen-bond acceptors (Lipinski definition) is 5. The molecule has 1 unspecified atom stereocenters. The molecule has 1 atom stereocenters. The summed E-state index contributed by atoms with van der Waals surface area (Å²) < 4.78 is 39.4. The maximum Gasteiger partial charge on any atom is 0.216 e. The first-order chi connectivity index (χ1) is 12.0. The molecule has 1 fully saturated rings. The van der Waals surface area contributed by atoms with Gasteiger partial charge in [0.15, 0.2) is 0 Å². The van der Waals surface area contributed by atoms with Gasteiger partial charge in [0.05, 0.1) is 5.75 Å². The molecule has 0 spiro atoms. The lowest BCUT2D eigenvalue weighted by atomic mass is 10.2. The fourth-order valence-electron chi connectivity index (χ4n) is 2.62. The van der Waals surface area contributed by atoms with Crippen LogP contribution in [-0.4, -0.2) is 55.9 Å². The predicted octanol–water partition coefficient (Wildman–Crippen LogP) is 1.43. The summed E-state index contributed by atoms with van der Waals surface area (Å²) in [5.74, 6) is 5.03. The summed E-state index contributed by atoms with van der Waals surface area (Å²) in [6, 6.07) is 5.37. The minimum atomic E-state index is -3.52. The third-order valence-electron chi connectivity index (χ3n) is 4.01. The van der Waals surface area contributed by atoms with E-state index >= 15 is 0 Å². The van der Waals surface area contributed by atoms with Gasteiger partial charge in [-0.05, 0) is 30.7 Å². The van der Waals surface area contributed by atoms with E-state index in [1.807, 2.05) is 17.3 Å². The summed E-state index contributed by atoms with van der Waals surface area (Å²) in [5, 5.41) is 9.13. The van der Waals surface area contributed by atoms with Crippen LogP contribution in [0.4, 0.5) is 10.1 Å². The molecule has 1 aliphatic heterocycles. The number of halogens is 1. The molecule has 0 aliphatic carbocycles. The average molecular weight is 369 g/mol. The maximum absolute atomic E-state index is 13.0. The van der Waals surface area contributed by atoms with Crippen molar-refractivity contribution < 1.29 is 18.0 Å². The molecule has 0 saturated carbocycles. The van der Waals surface area contributed by atoms with E-state index < -0.39 is 16.1 Å². The van der Waals surface area contributed by atoms with E-state index in [1.54, 1.807) is 12.1 Å². The molecule has 2 rings (SSSR count). The first kappa shape index (κ1) is 19.7. The molecule has 6 nitrogen and oxygen atoms in total. The van der Waals surface area contributed by atoms with Crippen molar-refractivity contribution in [2.24, 2.45) is 0 Å². The number of nitrogens with zero attached hydrogens (tertiary/aromatic N) is 2. The van der Waals surface area contributed by atoms with E-state index in [0.717, 1.165) is 12.1 Å². The van der Waals surface area contributed by atoms with Crippen molar-refractivity contribution in [1.82, 2.24) is 9.79 Å². The Hall–Kier alpha value is -1.66. The number of benzene rings is 1. The van der Waals surface area contributed by atoms with Gasteiger partial charge in [0.1, 0.15) is 11.9 Å². The number of unbranched alkanes of at least 4 members (excludes halogenated alkanes) is 1. The van der Waals surface area contributed by atoms with E-state index in [9.17, 15) is 12.8 Å². The van der Waals surface area contributed by atoms with Gasteiger partial charge in [-0.15, -0.1) is 5.92 Å². The maximum atomic E-state index is 13.0. The van der Waals surface area contributed by atoms with E-state index in [-0.39, 0.29) is 11.6 Å². The smallest absolute Gasteiger partial charge is 0.216 e. The molecule has 0 bridgehead atoms. The average Bonchev–Trinajstić information content (AvgIpc) is 2.61. The zero-order valence-corrected chi connectivity index (χ0v) is 15.1. The molecule has 1 aromatic carbocycles. The Labute approximate surface area is 148 Å². The van der Waals surface area contributed by atoms with Crippen molar-refractivity contribution in [3.8, 4) is 11.8 Å².